The van der Waals surface area contributed by atoms with Crippen LogP contribution in [0.25, 0.3) is 5.69 Å². The van der Waals surface area contributed by atoms with E-state index in [-0.39, 0.29) is 5.91 Å². The largest absolute Gasteiger partial charge is 0.353 e. The minimum absolute atomic E-state index is 0.183. The van der Waals surface area contributed by atoms with E-state index in [2.05, 4.69) is 75.5 Å². The molecule has 168 valence electrons. The van der Waals surface area contributed by atoms with Gasteiger partial charge in [-0.15, -0.1) is 10.2 Å². The van der Waals surface area contributed by atoms with E-state index in [1.54, 1.807) is 11.8 Å². The van der Waals surface area contributed by atoms with Gasteiger partial charge in [-0.1, -0.05) is 73.5 Å². The number of nitrogens with one attached hydrogen (secondary N) is 1. The monoisotopic (exact) mass is 448 g/mol. The van der Waals surface area contributed by atoms with Gasteiger partial charge in [-0.3, -0.25) is 9.36 Å². The van der Waals surface area contributed by atoms with Crippen LogP contribution in [0.2, 0.25) is 0 Å². The first-order valence-corrected chi connectivity index (χ1v) is 12.6. The maximum absolute atomic E-state index is 12.3. The average Bonchev–Trinajstić information content (AvgIpc) is 3.20. The Kier molecular flexibility index (Phi) is 7.99. The van der Waals surface area contributed by atoms with Crippen molar-refractivity contribution in [2.45, 2.75) is 69.5 Å². The minimum Gasteiger partial charge on any atom is -0.353 e. The summed E-state index contributed by atoms with van der Waals surface area (Å²) in [5, 5.41) is 13.1. The number of hydrogen-bond donors (Lipinski definition) is 1. The third-order valence-corrected chi connectivity index (χ3v) is 6.93. The van der Waals surface area contributed by atoms with Gasteiger partial charge >= 0.3 is 0 Å². The summed E-state index contributed by atoms with van der Waals surface area (Å²) in [6, 6.07) is 19.2. The fraction of sp³-hybridized carbons (Fsp3) is 0.423. The highest BCUT2D eigenvalue weighted by molar-refractivity contribution is 7.99. The zero-order valence-electron chi connectivity index (χ0n) is 18.8. The lowest BCUT2D eigenvalue weighted by molar-refractivity contribution is -0.122. The molecule has 32 heavy (non-hydrogen) atoms. The second-order valence-electron chi connectivity index (χ2n) is 8.59. The Labute approximate surface area is 195 Å². The summed E-state index contributed by atoms with van der Waals surface area (Å²) in [6.45, 7) is 2.10. The molecule has 0 spiro atoms. The molecular formula is C26H32N4OS. The Bertz CT molecular complexity index is 1010. The molecule has 6 heteroatoms. The van der Waals surface area contributed by atoms with Crippen molar-refractivity contribution in [3.8, 4) is 5.69 Å². The predicted molar refractivity (Wildman–Crippen MR) is 130 cm³/mol. The van der Waals surface area contributed by atoms with Gasteiger partial charge in [0.25, 0.3) is 0 Å². The topological polar surface area (TPSA) is 59.8 Å². The van der Waals surface area contributed by atoms with E-state index >= 15 is 0 Å². The van der Waals surface area contributed by atoms with Crippen molar-refractivity contribution in [3.05, 3.63) is 71.5 Å². The number of thioether (sulfide) groups is 1. The van der Waals surface area contributed by atoms with E-state index in [1.807, 2.05) is 6.07 Å². The van der Waals surface area contributed by atoms with Crippen molar-refractivity contribution in [2.75, 3.05) is 5.75 Å². The van der Waals surface area contributed by atoms with Gasteiger partial charge < -0.3 is 5.32 Å². The molecule has 1 fully saturated rings. The molecule has 0 radical (unpaired) electrons. The maximum atomic E-state index is 12.3. The molecule has 3 aromatic rings. The summed E-state index contributed by atoms with van der Waals surface area (Å²) in [6.07, 6.45) is 8.16. The van der Waals surface area contributed by atoms with Crippen LogP contribution >= 0.6 is 11.8 Å². The normalized spacial score (nSPS) is 14.4. The maximum Gasteiger partial charge on any atom is 0.220 e. The van der Waals surface area contributed by atoms with Gasteiger partial charge in [0.1, 0.15) is 5.82 Å². The summed E-state index contributed by atoms with van der Waals surface area (Å²) in [4.78, 5) is 12.3. The van der Waals surface area contributed by atoms with Gasteiger partial charge in [-0.2, -0.15) is 0 Å². The molecule has 1 N–H and O–H groups in total. The molecule has 1 amide bonds. The zero-order valence-corrected chi connectivity index (χ0v) is 19.6. The highest BCUT2D eigenvalue weighted by atomic mass is 32.2. The molecule has 0 saturated heterocycles. The van der Waals surface area contributed by atoms with Crippen molar-refractivity contribution in [3.63, 3.8) is 0 Å². The van der Waals surface area contributed by atoms with Crippen LogP contribution < -0.4 is 5.32 Å². The molecule has 2 aromatic carbocycles. The summed E-state index contributed by atoms with van der Waals surface area (Å²) in [5.74, 6) is 1.95. The second-order valence-corrected chi connectivity index (χ2v) is 9.65. The Hall–Kier alpha value is -2.60. The van der Waals surface area contributed by atoms with Crippen molar-refractivity contribution in [1.29, 1.82) is 0 Å². The summed E-state index contributed by atoms with van der Waals surface area (Å²) in [5.41, 5.74) is 3.50. The molecule has 1 heterocycles. The third-order valence-electron chi connectivity index (χ3n) is 5.91. The Morgan fingerprint density at radius 1 is 1.06 bits per heavy atom. The number of nitrogens with zero attached hydrogens (tertiary/aromatic N) is 3. The molecule has 1 aliphatic carbocycles. The van der Waals surface area contributed by atoms with Gasteiger partial charge in [-0.25, -0.2) is 0 Å². The molecule has 0 unspecified atom stereocenters. The van der Waals surface area contributed by atoms with Gasteiger partial charge in [0.15, 0.2) is 5.16 Å². The van der Waals surface area contributed by atoms with E-state index in [0.717, 1.165) is 48.1 Å². The van der Waals surface area contributed by atoms with Gasteiger partial charge in [-0.05, 0) is 49.4 Å². The molecule has 5 nitrogen and oxygen atoms in total. The molecule has 1 saturated carbocycles. The number of amides is 1. The van der Waals surface area contributed by atoms with Crippen LogP contribution in [-0.4, -0.2) is 32.5 Å². The lowest BCUT2D eigenvalue weighted by Gasteiger charge is -2.22. The zero-order chi connectivity index (χ0) is 22.2. The van der Waals surface area contributed by atoms with E-state index in [4.69, 9.17) is 0 Å². The number of rotatable bonds is 9. The molecule has 0 atom stereocenters. The second kappa shape index (κ2) is 11.3. The van der Waals surface area contributed by atoms with Crippen LogP contribution in [0.5, 0.6) is 0 Å². The van der Waals surface area contributed by atoms with Crippen molar-refractivity contribution in [2.24, 2.45) is 0 Å². The Balaban J connectivity index is 1.40. The van der Waals surface area contributed by atoms with Crippen LogP contribution in [0.1, 0.15) is 61.9 Å². The molecule has 0 aliphatic heterocycles. The van der Waals surface area contributed by atoms with Gasteiger partial charge in [0.2, 0.25) is 5.91 Å². The van der Waals surface area contributed by atoms with E-state index in [1.165, 1.54) is 30.4 Å². The summed E-state index contributed by atoms with van der Waals surface area (Å²) < 4.78 is 2.16. The lowest BCUT2D eigenvalue weighted by atomic mass is 9.95. The van der Waals surface area contributed by atoms with Crippen molar-refractivity contribution < 1.29 is 4.79 Å². The molecule has 4 rings (SSSR count). The van der Waals surface area contributed by atoms with Crippen molar-refractivity contribution in [1.82, 2.24) is 20.1 Å². The van der Waals surface area contributed by atoms with Crippen molar-refractivity contribution >= 4 is 17.7 Å². The first-order chi connectivity index (χ1) is 15.7. The Morgan fingerprint density at radius 3 is 2.66 bits per heavy atom. The van der Waals surface area contributed by atoms with Gasteiger partial charge in [0.05, 0.1) is 0 Å². The van der Waals surface area contributed by atoms with Crippen LogP contribution in [0.4, 0.5) is 0 Å². The van der Waals surface area contributed by atoms with Crippen LogP contribution in [0.15, 0.2) is 59.8 Å². The molecule has 0 bridgehead atoms. The number of aromatic nitrogens is 3. The fourth-order valence-electron chi connectivity index (χ4n) is 4.26. The highest BCUT2D eigenvalue weighted by Crippen LogP contribution is 2.25. The number of benzene rings is 2. The van der Waals surface area contributed by atoms with E-state index < -0.39 is 0 Å². The molecular weight excluding hydrogens is 416 g/mol. The third kappa shape index (κ3) is 6.22. The molecule has 1 aromatic heterocycles. The van der Waals surface area contributed by atoms with Crippen LogP contribution in [0, 0.1) is 6.92 Å². The lowest BCUT2D eigenvalue weighted by Crippen LogP contribution is -2.36. The smallest absolute Gasteiger partial charge is 0.220 e. The van der Waals surface area contributed by atoms with Crippen LogP contribution in [-0.2, 0) is 11.2 Å². The summed E-state index contributed by atoms with van der Waals surface area (Å²) in [7, 11) is 0. The van der Waals surface area contributed by atoms with Crippen LogP contribution in [0.3, 0.4) is 0 Å². The van der Waals surface area contributed by atoms with E-state index in [9.17, 15) is 4.79 Å². The number of carbonyl (C=O) groups excluding carboxylic acids is 1. The standard InChI is InChI=1S/C26H32N4OS/c1-20-10-8-15-23(18-20)30-24(19-21-11-4-2-5-12-21)28-29-26(30)32-17-9-16-25(31)27-22-13-6-3-7-14-22/h2,4-5,8,10-12,15,18,22H,3,6-7,9,13-14,16-17,19H2,1H3,(H,27,31). The highest BCUT2D eigenvalue weighted by Gasteiger charge is 2.17. The first-order valence-electron chi connectivity index (χ1n) is 11.7. The number of hydrogen-bond acceptors (Lipinski definition) is 4. The predicted octanol–water partition coefficient (Wildman–Crippen LogP) is 5.49. The quantitative estimate of drug-likeness (QED) is 0.347. The van der Waals surface area contributed by atoms with E-state index in [0.29, 0.717) is 12.5 Å². The first kappa shape index (κ1) is 22.6. The number of aryl methyl sites for hydroxylation is 1. The number of carbonyl (C=O) groups is 1. The Morgan fingerprint density at radius 2 is 1.88 bits per heavy atom. The molecule has 1 aliphatic rings. The minimum atomic E-state index is 0.183. The van der Waals surface area contributed by atoms with Gasteiger partial charge in [0, 0.05) is 30.3 Å². The fourth-order valence-corrected chi connectivity index (χ4v) is 5.17. The SMILES string of the molecule is Cc1cccc(-n2c(Cc3ccccc3)nnc2SCCCC(=O)NC2CCCCC2)c1. The summed E-state index contributed by atoms with van der Waals surface area (Å²) >= 11 is 1.68. The average molecular weight is 449 g/mol.